The van der Waals surface area contributed by atoms with Gasteiger partial charge in [-0.2, -0.15) is 0 Å². The molecule has 0 amide bonds. The van der Waals surface area contributed by atoms with Gasteiger partial charge in [0.05, 0.1) is 6.04 Å². The third-order valence-corrected chi connectivity index (χ3v) is 5.26. The summed E-state index contributed by atoms with van der Waals surface area (Å²) in [5.41, 5.74) is 0.283. The lowest BCUT2D eigenvalue weighted by Crippen LogP contribution is -2.40. The highest BCUT2D eigenvalue weighted by Gasteiger charge is 2.31. The fourth-order valence-electron chi connectivity index (χ4n) is 2.36. The van der Waals surface area contributed by atoms with Gasteiger partial charge in [-0.3, -0.25) is 4.99 Å². The minimum absolute atomic E-state index is 0.283. The molecule has 0 aromatic rings. The predicted octanol–water partition coefficient (Wildman–Crippen LogP) is 3.43. The van der Waals surface area contributed by atoms with E-state index in [1.54, 1.807) is 0 Å². The Morgan fingerprint density at radius 2 is 2.06 bits per heavy atom. The Bertz CT molecular complexity index is 269. The maximum atomic E-state index is 4.88. The fraction of sp³-hybridized carbons (Fsp3) is 0.923. The van der Waals surface area contributed by atoms with Crippen LogP contribution < -0.4 is 5.32 Å². The number of nitrogens with one attached hydrogen (secondary N) is 1. The van der Waals surface area contributed by atoms with Crippen LogP contribution in [0, 0.1) is 5.92 Å². The Kier molecular flexibility index (Phi) is 3.83. The van der Waals surface area contributed by atoms with Crippen LogP contribution in [0.3, 0.4) is 0 Å². The molecule has 0 aromatic heterocycles. The number of hydrogen-bond donors (Lipinski definition) is 1. The first-order chi connectivity index (χ1) is 7.61. The molecule has 1 N–H and O–H groups in total. The van der Waals surface area contributed by atoms with Gasteiger partial charge in [0.2, 0.25) is 0 Å². The van der Waals surface area contributed by atoms with Gasteiger partial charge in [0.15, 0.2) is 5.17 Å². The van der Waals surface area contributed by atoms with Gasteiger partial charge >= 0.3 is 0 Å². The number of nitrogens with zero attached hydrogens (tertiary/aromatic N) is 1. The third kappa shape index (κ3) is 2.93. The van der Waals surface area contributed by atoms with Crippen LogP contribution >= 0.6 is 11.8 Å². The molecule has 1 aliphatic carbocycles. The van der Waals surface area contributed by atoms with Gasteiger partial charge in [-0.1, -0.05) is 25.6 Å². The molecule has 92 valence electrons. The van der Waals surface area contributed by atoms with E-state index in [0.717, 1.165) is 5.92 Å². The third-order valence-electron chi connectivity index (χ3n) is 4.00. The molecule has 2 nitrogen and oxygen atoms in total. The van der Waals surface area contributed by atoms with Crippen molar-refractivity contribution in [3.8, 4) is 0 Å². The van der Waals surface area contributed by atoms with E-state index in [-0.39, 0.29) is 5.54 Å². The number of aliphatic imine (C=N–C) groups is 1. The zero-order chi connectivity index (χ0) is 11.6. The first-order valence-electron chi connectivity index (χ1n) is 6.60. The van der Waals surface area contributed by atoms with Crippen LogP contribution in [0.1, 0.15) is 52.9 Å². The smallest absolute Gasteiger partial charge is 0.157 e. The summed E-state index contributed by atoms with van der Waals surface area (Å²) in [6, 6.07) is 0.588. The lowest BCUT2D eigenvalue weighted by Gasteiger charge is -2.24. The Hall–Kier alpha value is -0.180. The van der Waals surface area contributed by atoms with Crippen molar-refractivity contribution in [2.75, 3.05) is 5.75 Å². The second-order valence-electron chi connectivity index (χ2n) is 5.68. The van der Waals surface area contributed by atoms with Crippen molar-refractivity contribution in [3.63, 3.8) is 0 Å². The molecule has 0 radical (unpaired) electrons. The van der Waals surface area contributed by atoms with Crippen LogP contribution in [-0.4, -0.2) is 22.5 Å². The van der Waals surface area contributed by atoms with Crippen molar-refractivity contribution in [3.05, 3.63) is 0 Å². The molecule has 2 rings (SSSR count). The van der Waals surface area contributed by atoms with E-state index in [1.165, 1.54) is 43.0 Å². The average molecular weight is 240 g/mol. The highest BCUT2D eigenvalue weighted by molar-refractivity contribution is 8.14. The van der Waals surface area contributed by atoms with E-state index in [0.29, 0.717) is 6.04 Å². The van der Waals surface area contributed by atoms with E-state index in [9.17, 15) is 0 Å². The summed E-state index contributed by atoms with van der Waals surface area (Å²) in [4.78, 5) is 4.88. The standard InChI is InChI=1S/C13H24N2S/c1-4-13(3)9-16-12(15-13)14-11-7-5-10(2)6-8-11/h10-11H,4-9H2,1-3H3,(H,14,15). The van der Waals surface area contributed by atoms with Crippen molar-refractivity contribution in [2.45, 2.75) is 64.5 Å². The quantitative estimate of drug-likeness (QED) is 0.799. The Labute approximate surface area is 104 Å². The molecular weight excluding hydrogens is 216 g/mol. The topological polar surface area (TPSA) is 24.4 Å². The molecule has 3 heteroatoms. The van der Waals surface area contributed by atoms with Gasteiger partial charge in [-0.15, -0.1) is 0 Å². The zero-order valence-electron chi connectivity index (χ0n) is 10.8. The number of hydrogen-bond acceptors (Lipinski definition) is 2. The molecule has 2 fully saturated rings. The van der Waals surface area contributed by atoms with Gasteiger partial charge in [0, 0.05) is 11.3 Å². The van der Waals surface area contributed by atoms with Crippen LogP contribution in [0.4, 0.5) is 0 Å². The first kappa shape index (κ1) is 12.3. The normalized spacial score (nSPS) is 42.3. The maximum Gasteiger partial charge on any atom is 0.157 e. The van der Waals surface area contributed by atoms with Gasteiger partial charge in [-0.25, -0.2) is 0 Å². The number of rotatable bonds is 2. The fourth-order valence-corrected chi connectivity index (χ4v) is 3.63. The van der Waals surface area contributed by atoms with Crippen LogP contribution in [0.2, 0.25) is 0 Å². The summed E-state index contributed by atoms with van der Waals surface area (Å²) >= 11 is 1.91. The molecular formula is C13H24N2S. The van der Waals surface area contributed by atoms with E-state index in [1.807, 2.05) is 11.8 Å². The Morgan fingerprint density at radius 3 is 2.62 bits per heavy atom. The average Bonchev–Trinajstić information content (AvgIpc) is 2.65. The summed E-state index contributed by atoms with van der Waals surface area (Å²) in [6.45, 7) is 6.91. The maximum absolute atomic E-state index is 4.88. The van der Waals surface area contributed by atoms with Crippen molar-refractivity contribution < 1.29 is 0 Å². The van der Waals surface area contributed by atoms with Crippen molar-refractivity contribution in [1.29, 1.82) is 0 Å². The SMILES string of the molecule is CCC1(C)CSC(=NC2CCC(C)CC2)N1. The molecule has 1 atom stereocenters. The molecule has 1 heterocycles. The van der Waals surface area contributed by atoms with Gasteiger partial charge in [0.25, 0.3) is 0 Å². The number of amidine groups is 1. The highest BCUT2D eigenvalue weighted by Crippen LogP contribution is 2.29. The first-order valence-corrected chi connectivity index (χ1v) is 7.58. The molecule has 16 heavy (non-hydrogen) atoms. The summed E-state index contributed by atoms with van der Waals surface area (Å²) in [6.07, 6.45) is 6.47. The minimum atomic E-state index is 0.283. The second kappa shape index (κ2) is 4.99. The van der Waals surface area contributed by atoms with E-state index in [4.69, 9.17) is 4.99 Å². The van der Waals surface area contributed by atoms with Crippen molar-refractivity contribution in [1.82, 2.24) is 5.32 Å². The Balaban J connectivity index is 1.89. The van der Waals surface area contributed by atoms with Crippen LogP contribution in [0.25, 0.3) is 0 Å². The minimum Gasteiger partial charge on any atom is -0.359 e. The summed E-state index contributed by atoms with van der Waals surface area (Å²) < 4.78 is 0. The highest BCUT2D eigenvalue weighted by atomic mass is 32.2. The zero-order valence-corrected chi connectivity index (χ0v) is 11.6. The van der Waals surface area contributed by atoms with Gasteiger partial charge in [-0.05, 0) is 44.9 Å². The van der Waals surface area contributed by atoms with Gasteiger partial charge < -0.3 is 5.32 Å². The van der Waals surface area contributed by atoms with E-state index < -0.39 is 0 Å². The van der Waals surface area contributed by atoms with E-state index >= 15 is 0 Å². The molecule has 2 aliphatic rings. The molecule has 1 saturated carbocycles. The largest absolute Gasteiger partial charge is 0.359 e. The molecule has 0 spiro atoms. The summed E-state index contributed by atoms with van der Waals surface area (Å²) in [5, 5.41) is 4.79. The van der Waals surface area contributed by atoms with Crippen LogP contribution in [0.15, 0.2) is 4.99 Å². The molecule has 0 bridgehead atoms. The second-order valence-corrected chi connectivity index (χ2v) is 6.64. The molecule has 1 unspecified atom stereocenters. The van der Waals surface area contributed by atoms with Gasteiger partial charge in [0.1, 0.15) is 0 Å². The molecule has 1 aliphatic heterocycles. The van der Waals surface area contributed by atoms with Crippen LogP contribution in [-0.2, 0) is 0 Å². The van der Waals surface area contributed by atoms with E-state index in [2.05, 4.69) is 26.1 Å². The molecule has 1 saturated heterocycles. The molecule has 0 aromatic carbocycles. The number of thioether (sulfide) groups is 1. The predicted molar refractivity (Wildman–Crippen MR) is 73.1 cm³/mol. The van der Waals surface area contributed by atoms with Crippen LogP contribution in [0.5, 0.6) is 0 Å². The van der Waals surface area contributed by atoms with Crippen molar-refractivity contribution >= 4 is 16.9 Å². The lowest BCUT2D eigenvalue weighted by atomic mass is 9.88. The van der Waals surface area contributed by atoms with Crippen molar-refractivity contribution in [2.24, 2.45) is 10.9 Å². The Morgan fingerprint density at radius 1 is 1.38 bits per heavy atom. The summed E-state index contributed by atoms with van der Waals surface area (Å²) in [7, 11) is 0. The summed E-state index contributed by atoms with van der Waals surface area (Å²) in [5.74, 6) is 2.09. The monoisotopic (exact) mass is 240 g/mol. The lowest BCUT2D eigenvalue weighted by molar-refractivity contribution is 0.348.